The molecule has 0 saturated carbocycles. The van der Waals surface area contributed by atoms with Gasteiger partial charge in [0, 0.05) is 0 Å². The van der Waals surface area contributed by atoms with Crippen molar-refractivity contribution in [3.05, 3.63) is 0 Å². The van der Waals surface area contributed by atoms with Gasteiger partial charge in [0.1, 0.15) is 55.9 Å². The van der Waals surface area contributed by atoms with Gasteiger partial charge >= 0.3 is 11.9 Å². The average molecular weight is 442 g/mol. The van der Waals surface area contributed by atoms with Gasteiger partial charge in [-0.15, -0.1) is 0 Å². The second-order valence-corrected chi connectivity index (χ2v) is 6.95. The number of rotatable bonds is 9. The molecule has 14 heteroatoms. The zero-order valence-electron chi connectivity index (χ0n) is 15.7. The molecule has 0 aromatic rings. The molecule has 0 aliphatic carbocycles. The number of carboxylic acid groups (broad SMARTS) is 1. The van der Waals surface area contributed by atoms with Crippen LogP contribution in [0.4, 0.5) is 0 Å². The maximum absolute atomic E-state index is 11.5. The molecular weight excluding hydrogens is 416 g/mol. The first-order chi connectivity index (χ1) is 14.1. The lowest BCUT2D eigenvalue weighted by Gasteiger charge is -2.43. The Labute approximate surface area is 169 Å². The van der Waals surface area contributed by atoms with Crippen LogP contribution in [0, 0.1) is 0 Å². The average Bonchev–Trinajstić information content (AvgIpc) is 2.96. The van der Waals surface area contributed by atoms with E-state index < -0.39 is 99.4 Å². The molecule has 9 atom stereocenters. The summed E-state index contributed by atoms with van der Waals surface area (Å²) in [6.45, 7) is -2.41. The van der Waals surface area contributed by atoms with E-state index in [9.17, 15) is 45.3 Å². The summed E-state index contributed by atoms with van der Waals surface area (Å²) in [5, 5.41) is 77.6. The molecule has 2 aliphatic heterocycles. The Balaban J connectivity index is 2.06. The third-order valence-electron chi connectivity index (χ3n) is 4.84. The summed E-state index contributed by atoms with van der Waals surface area (Å²) in [7, 11) is 0. The fraction of sp³-hybridized carbons (Fsp3) is 0.875. The Kier molecular flexibility index (Phi) is 8.46. The maximum Gasteiger partial charge on any atom is 0.306 e. The molecule has 2 rings (SSSR count). The molecule has 2 saturated heterocycles. The van der Waals surface area contributed by atoms with E-state index >= 15 is 0 Å². The Bertz CT molecular complexity index is 600. The van der Waals surface area contributed by atoms with Crippen molar-refractivity contribution in [3.63, 3.8) is 0 Å². The van der Waals surface area contributed by atoms with Crippen LogP contribution in [0.5, 0.6) is 0 Å². The highest BCUT2D eigenvalue weighted by Gasteiger charge is 2.58. The van der Waals surface area contributed by atoms with E-state index in [0.29, 0.717) is 0 Å². The number of ether oxygens (including phenoxy) is 4. The smallest absolute Gasteiger partial charge is 0.306 e. The number of carbonyl (C=O) groups is 2. The molecular formula is C16H26O14. The van der Waals surface area contributed by atoms with Gasteiger partial charge in [-0.25, -0.2) is 0 Å². The third kappa shape index (κ3) is 5.23. The number of carbonyl (C=O) groups excluding carboxylic acids is 1. The van der Waals surface area contributed by atoms with E-state index in [1.807, 2.05) is 0 Å². The number of aliphatic carboxylic acids is 1. The molecule has 0 amide bonds. The second-order valence-electron chi connectivity index (χ2n) is 6.95. The summed E-state index contributed by atoms with van der Waals surface area (Å²) in [4.78, 5) is 22.0. The molecule has 2 fully saturated rings. The van der Waals surface area contributed by atoms with Crippen LogP contribution in [-0.2, 0) is 28.5 Å². The van der Waals surface area contributed by atoms with Crippen molar-refractivity contribution in [1.82, 2.24) is 0 Å². The van der Waals surface area contributed by atoms with Crippen molar-refractivity contribution in [2.45, 2.75) is 67.6 Å². The molecule has 0 bridgehead atoms. The predicted octanol–water partition coefficient (Wildman–Crippen LogP) is -4.98. The highest BCUT2D eigenvalue weighted by atomic mass is 16.8. The van der Waals surface area contributed by atoms with Gasteiger partial charge in [-0.1, -0.05) is 0 Å². The Morgan fingerprint density at radius 1 is 0.900 bits per heavy atom. The van der Waals surface area contributed by atoms with Gasteiger partial charge in [0.2, 0.25) is 5.79 Å². The summed E-state index contributed by atoms with van der Waals surface area (Å²) in [6, 6.07) is 0. The largest absolute Gasteiger partial charge is 0.481 e. The summed E-state index contributed by atoms with van der Waals surface area (Å²) in [6.07, 6.45) is -14.5. The standard InChI is InChI=1S/C16H26O14/c17-3-6-11(23)14(26)16(5-18,29-6)30-15-13(25)12(24)10(22)7(28-15)4-27-9(21)2-1-8(19)20/h6-7,10-15,17-18,22-26H,1-5H2,(H,19,20)/t6-,7-,10-,11-,12+,13-,14+,15-,16+/m1/s1. The van der Waals surface area contributed by atoms with Gasteiger partial charge in [-0.2, -0.15) is 0 Å². The zero-order valence-corrected chi connectivity index (χ0v) is 15.7. The Hall–Kier alpha value is -1.46. The normalized spacial score (nSPS) is 41.6. The molecule has 0 aromatic heterocycles. The Morgan fingerprint density at radius 3 is 2.10 bits per heavy atom. The molecule has 0 aromatic carbocycles. The van der Waals surface area contributed by atoms with Crippen molar-refractivity contribution in [2.24, 2.45) is 0 Å². The van der Waals surface area contributed by atoms with Gasteiger partial charge in [-0.3, -0.25) is 9.59 Å². The highest BCUT2D eigenvalue weighted by molar-refractivity contribution is 5.76. The van der Waals surface area contributed by atoms with Gasteiger partial charge in [-0.05, 0) is 0 Å². The van der Waals surface area contributed by atoms with Crippen molar-refractivity contribution in [1.29, 1.82) is 0 Å². The fourth-order valence-corrected chi connectivity index (χ4v) is 3.07. The van der Waals surface area contributed by atoms with E-state index in [0.717, 1.165) is 0 Å². The minimum Gasteiger partial charge on any atom is -0.481 e. The topological polar surface area (TPSA) is 233 Å². The first kappa shape index (κ1) is 24.8. The molecule has 174 valence electrons. The SMILES string of the molecule is O=C(O)CCC(=O)OC[C@H]1O[C@H](O[C@]2(CO)O[C@H](CO)[C@@H](O)[C@@H]2O)[C@H](O)[C@@H](O)[C@@H]1O. The zero-order chi connectivity index (χ0) is 22.6. The molecule has 0 unspecified atom stereocenters. The minimum atomic E-state index is -2.33. The molecule has 0 spiro atoms. The van der Waals surface area contributed by atoms with Gasteiger partial charge in [0.05, 0.1) is 19.4 Å². The second kappa shape index (κ2) is 10.2. The van der Waals surface area contributed by atoms with Gasteiger partial charge < -0.3 is 59.8 Å². The number of aliphatic hydroxyl groups excluding tert-OH is 7. The first-order valence-electron chi connectivity index (χ1n) is 9.06. The van der Waals surface area contributed by atoms with Gasteiger partial charge in [0.15, 0.2) is 6.29 Å². The monoisotopic (exact) mass is 442 g/mol. The first-order valence-corrected chi connectivity index (χ1v) is 9.06. The van der Waals surface area contributed by atoms with Crippen LogP contribution in [0.2, 0.25) is 0 Å². The van der Waals surface area contributed by atoms with Gasteiger partial charge in [0.25, 0.3) is 0 Å². The van der Waals surface area contributed by atoms with E-state index in [1.54, 1.807) is 0 Å². The van der Waals surface area contributed by atoms with E-state index in [2.05, 4.69) is 0 Å². The molecule has 14 nitrogen and oxygen atoms in total. The number of hydrogen-bond acceptors (Lipinski definition) is 13. The van der Waals surface area contributed by atoms with E-state index in [4.69, 9.17) is 24.1 Å². The van der Waals surface area contributed by atoms with Crippen molar-refractivity contribution in [2.75, 3.05) is 19.8 Å². The predicted molar refractivity (Wildman–Crippen MR) is 89.4 cm³/mol. The van der Waals surface area contributed by atoms with Crippen molar-refractivity contribution in [3.8, 4) is 0 Å². The number of aliphatic hydroxyl groups is 7. The van der Waals surface area contributed by atoms with Crippen LogP contribution in [-0.4, -0.2) is 127 Å². The molecule has 30 heavy (non-hydrogen) atoms. The summed E-state index contributed by atoms with van der Waals surface area (Å²) in [5.41, 5.74) is 0. The molecule has 2 aliphatic rings. The van der Waals surface area contributed by atoms with Crippen molar-refractivity contribution >= 4 is 11.9 Å². The van der Waals surface area contributed by atoms with Crippen LogP contribution in [0.1, 0.15) is 12.8 Å². The third-order valence-corrected chi connectivity index (χ3v) is 4.84. The lowest BCUT2D eigenvalue weighted by molar-refractivity contribution is -0.383. The van der Waals surface area contributed by atoms with Crippen LogP contribution < -0.4 is 0 Å². The summed E-state index contributed by atoms with van der Waals surface area (Å²) in [5.74, 6) is -4.47. The number of esters is 1. The Morgan fingerprint density at radius 2 is 1.57 bits per heavy atom. The quantitative estimate of drug-likeness (QED) is 0.156. The van der Waals surface area contributed by atoms with E-state index in [1.165, 1.54) is 0 Å². The van der Waals surface area contributed by atoms with E-state index in [-0.39, 0.29) is 0 Å². The van der Waals surface area contributed by atoms with Crippen LogP contribution in [0.25, 0.3) is 0 Å². The van der Waals surface area contributed by atoms with Crippen LogP contribution >= 0.6 is 0 Å². The molecule has 2 heterocycles. The fourth-order valence-electron chi connectivity index (χ4n) is 3.07. The van der Waals surface area contributed by atoms with Crippen LogP contribution in [0.15, 0.2) is 0 Å². The lowest BCUT2D eigenvalue weighted by atomic mass is 9.99. The molecule has 0 radical (unpaired) electrons. The maximum atomic E-state index is 11.5. The van der Waals surface area contributed by atoms with Crippen LogP contribution in [0.3, 0.4) is 0 Å². The minimum absolute atomic E-state index is 0.447. The summed E-state index contributed by atoms with van der Waals surface area (Å²) < 4.78 is 20.5. The number of carboxylic acids is 1. The summed E-state index contributed by atoms with van der Waals surface area (Å²) >= 11 is 0. The highest BCUT2D eigenvalue weighted by Crippen LogP contribution is 2.36. The lowest BCUT2D eigenvalue weighted by Crippen LogP contribution is -2.62. The molecule has 8 N–H and O–H groups in total. The van der Waals surface area contributed by atoms with Crippen molar-refractivity contribution < 1.29 is 69.4 Å². The number of hydrogen-bond donors (Lipinski definition) is 8.